The van der Waals surface area contributed by atoms with Crippen molar-refractivity contribution in [2.45, 2.75) is 105 Å². The molecule has 10 aromatic carbocycles. The number of hydrogen-bond donors (Lipinski definition) is 0. The number of anilines is 9. The normalized spacial score (nSPS) is 15.9. The standard InChI is InChI=1S/C80H76BN3OSSi/c1-77(2,3)55-38-43-67(64(48-55)78(4,5)6)84-69-45-54-47-75(80(10,11)12)86-73(54)52-66(69)81-65-51-72-53(46-74(85-72)79(7,8)9)44-68(65)83(70-49-59(50-71(84)76(70)81)82(56-28-18-13-19-29-56)57-30-20-14-21-31-57)58-39-41-63(42-40-58)87(60-32-22-15-23-33-60,61-34-24-16-25-35-61)62-36-26-17-27-37-62/h13-52H,1-12H3/i15D,16D,17D,22D,23D,24D,25D,26D,27D,32D,33D,34D,35D,36D,37D. The van der Waals surface area contributed by atoms with E-state index >= 15 is 0 Å². The maximum absolute atomic E-state index is 9.85. The van der Waals surface area contributed by atoms with Crippen molar-refractivity contribution in [3.63, 3.8) is 0 Å². The first-order valence-electron chi connectivity index (χ1n) is 37.2. The van der Waals surface area contributed by atoms with Crippen molar-refractivity contribution >= 4 is 136 Å². The maximum Gasteiger partial charge on any atom is 0.252 e. The van der Waals surface area contributed by atoms with Crippen molar-refractivity contribution < 1.29 is 25.0 Å². The van der Waals surface area contributed by atoms with Gasteiger partial charge in [-0.15, -0.1) is 11.3 Å². The van der Waals surface area contributed by atoms with E-state index in [1.165, 1.54) is 10.4 Å². The zero-order valence-corrected chi connectivity index (χ0v) is 53.0. The molecule has 0 N–H and O–H groups in total. The van der Waals surface area contributed by atoms with E-state index in [-0.39, 0.29) is 16.0 Å². The molecule has 4 nitrogen and oxygen atoms in total. The van der Waals surface area contributed by atoms with Gasteiger partial charge in [0.05, 0.1) is 26.2 Å². The monoisotopic (exact) mass is 1180 g/mol. The lowest BCUT2D eigenvalue weighted by Crippen LogP contribution is -2.74. The van der Waals surface area contributed by atoms with Crippen molar-refractivity contribution in [2.24, 2.45) is 0 Å². The second-order valence-corrected chi connectivity index (χ2v) is 31.8. The summed E-state index contributed by atoms with van der Waals surface area (Å²) in [5.41, 5.74) is 12.2. The number of para-hydroxylation sites is 2. The lowest BCUT2D eigenvalue weighted by atomic mass is 9.33. The van der Waals surface area contributed by atoms with E-state index in [4.69, 9.17) is 8.53 Å². The first-order chi connectivity index (χ1) is 47.9. The van der Waals surface area contributed by atoms with Gasteiger partial charge in [0.1, 0.15) is 11.3 Å². The molecule has 2 aromatic heterocycles. The Balaban J connectivity index is 1.17. The molecule has 0 spiro atoms. The van der Waals surface area contributed by atoms with Crippen LogP contribution in [0.15, 0.2) is 247 Å². The minimum absolute atomic E-state index is 0.00438. The summed E-state index contributed by atoms with van der Waals surface area (Å²) in [6.07, 6.45) is 0. The highest BCUT2D eigenvalue weighted by Gasteiger charge is 2.47. The molecule has 0 radical (unpaired) electrons. The molecule has 14 rings (SSSR count). The van der Waals surface area contributed by atoms with Crippen LogP contribution in [0.25, 0.3) is 21.1 Å². The Morgan fingerprint density at radius 3 is 1.49 bits per heavy atom. The van der Waals surface area contributed by atoms with E-state index in [1.54, 1.807) is 35.6 Å². The smallest absolute Gasteiger partial charge is 0.252 e. The SMILES string of the molecule is [2H]c1c([2H])c([2H])c([Si](c2ccc(N3c4cc5cc(C(C)(C)C)oc5cc4B4c5cc6sc(C(C)(C)C)cc6cc5N(c5ccc(C(C)(C)C)cc5C(C)(C)C)c5cc(N(c6ccccc6)c6ccccc6)cc3c54)cc2)(c2c([2H])c([2H])c([2H])c([2H])c2[2H])c2c([2H])c([2H])c([2H])c([2H])c2[2H])c([2H])c1[2H]. The van der Waals surface area contributed by atoms with Crippen molar-refractivity contribution in [1.82, 2.24) is 0 Å². The van der Waals surface area contributed by atoms with Gasteiger partial charge in [-0.1, -0.05) is 234 Å². The van der Waals surface area contributed by atoms with Crippen molar-refractivity contribution in [3.05, 3.63) is 264 Å². The molecule has 7 heteroatoms. The predicted octanol–water partition coefficient (Wildman–Crippen LogP) is 17.8. The molecule has 0 aliphatic carbocycles. The van der Waals surface area contributed by atoms with Gasteiger partial charge in [-0.25, -0.2) is 0 Å². The molecule has 87 heavy (non-hydrogen) atoms. The average molecular weight is 1180 g/mol. The third-order valence-electron chi connectivity index (χ3n) is 17.2. The highest BCUT2D eigenvalue weighted by Crippen LogP contribution is 2.52. The van der Waals surface area contributed by atoms with Crippen molar-refractivity contribution in [2.75, 3.05) is 14.7 Å². The van der Waals surface area contributed by atoms with Gasteiger partial charge in [0.2, 0.25) is 0 Å². The Bertz CT molecular complexity index is 5210. The molecule has 2 aliphatic heterocycles. The molecule has 2 aliphatic rings. The van der Waals surface area contributed by atoms with Crippen LogP contribution < -0.4 is 51.8 Å². The Morgan fingerprint density at radius 1 is 0.437 bits per heavy atom. The lowest BCUT2D eigenvalue weighted by molar-refractivity contribution is 0.430. The molecular weight excluding hydrogens is 1090 g/mol. The fourth-order valence-electron chi connectivity index (χ4n) is 12.8. The van der Waals surface area contributed by atoms with Crippen LogP contribution in [0.3, 0.4) is 0 Å². The molecule has 4 heterocycles. The number of nitrogens with zero attached hydrogens (tertiary/aromatic N) is 3. The van der Waals surface area contributed by atoms with Crippen LogP contribution in [0.5, 0.6) is 0 Å². The van der Waals surface area contributed by atoms with E-state index in [9.17, 15) is 16.4 Å². The summed E-state index contributed by atoms with van der Waals surface area (Å²) in [6, 6.07) is 39.6. The molecule has 0 amide bonds. The molecule has 12 aromatic rings. The first-order valence-corrected chi connectivity index (χ1v) is 32.5. The quantitative estimate of drug-likeness (QED) is 0.106. The summed E-state index contributed by atoms with van der Waals surface area (Å²) in [7, 11) is -5.50. The number of benzene rings is 10. The Morgan fingerprint density at radius 2 is 0.966 bits per heavy atom. The number of rotatable bonds is 9. The summed E-state index contributed by atoms with van der Waals surface area (Å²) < 4.78 is 149. The van der Waals surface area contributed by atoms with Crippen LogP contribution in [0.4, 0.5) is 51.2 Å². The van der Waals surface area contributed by atoms with E-state index < -0.39 is 132 Å². The molecular formula is C80H76BN3OSSi. The molecule has 0 saturated heterocycles. The summed E-state index contributed by atoms with van der Waals surface area (Å²) in [5.74, 6) is 0.769. The molecule has 0 atom stereocenters. The van der Waals surface area contributed by atoms with E-state index in [1.807, 2.05) is 36.4 Å². The average Bonchev–Trinajstić information content (AvgIpc) is 0.784. The maximum atomic E-state index is 9.85. The Hall–Kier alpha value is -8.62. The van der Waals surface area contributed by atoms with E-state index in [0.717, 1.165) is 88.7 Å². The van der Waals surface area contributed by atoms with Gasteiger partial charge in [0.15, 0.2) is 8.07 Å². The number of thiophene rings is 1. The molecule has 430 valence electrons. The van der Waals surface area contributed by atoms with Crippen molar-refractivity contribution in [1.29, 1.82) is 0 Å². The highest BCUT2D eigenvalue weighted by molar-refractivity contribution is 7.20. The second kappa shape index (κ2) is 20.8. The van der Waals surface area contributed by atoms with Gasteiger partial charge in [0, 0.05) is 65.9 Å². The second-order valence-electron chi connectivity index (χ2n) is 27.2. The van der Waals surface area contributed by atoms with E-state index in [2.05, 4.69) is 189 Å². The van der Waals surface area contributed by atoms with Crippen LogP contribution in [0.2, 0.25) is 0 Å². The third-order valence-corrected chi connectivity index (χ3v) is 22.9. The van der Waals surface area contributed by atoms with Crippen LogP contribution in [-0.2, 0) is 21.7 Å². The molecule has 0 unspecified atom stereocenters. The molecule has 0 bridgehead atoms. The fourth-order valence-corrected chi connectivity index (χ4v) is 17.8. The van der Waals surface area contributed by atoms with Crippen LogP contribution in [0.1, 0.15) is 125 Å². The first kappa shape index (κ1) is 41.5. The Labute approximate surface area is 541 Å². The number of furan rings is 1. The van der Waals surface area contributed by atoms with Crippen LogP contribution in [-0.4, -0.2) is 14.8 Å². The Kier molecular flexibility index (Phi) is 9.91. The van der Waals surface area contributed by atoms with Gasteiger partial charge < -0.3 is 19.1 Å². The largest absolute Gasteiger partial charge is 0.461 e. The van der Waals surface area contributed by atoms with Gasteiger partial charge in [-0.05, 0) is 161 Å². The minimum Gasteiger partial charge on any atom is -0.461 e. The van der Waals surface area contributed by atoms with Gasteiger partial charge in [-0.2, -0.15) is 0 Å². The molecule has 0 fully saturated rings. The van der Waals surface area contributed by atoms with Gasteiger partial charge in [0.25, 0.3) is 6.71 Å². The summed E-state index contributed by atoms with van der Waals surface area (Å²) in [6.45, 7) is 26.1. The van der Waals surface area contributed by atoms with Crippen LogP contribution >= 0.6 is 11.3 Å². The summed E-state index contributed by atoms with van der Waals surface area (Å²) >= 11 is 1.79. The van der Waals surface area contributed by atoms with Gasteiger partial charge >= 0.3 is 0 Å². The number of fused-ring (bicyclic) bond motifs is 6. The van der Waals surface area contributed by atoms with E-state index in [0.29, 0.717) is 11.3 Å². The minimum atomic E-state index is -5.50. The zero-order chi connectivity index (χ0) is 73.4. The van der Waals surface area contributed by atoms with Crippen molar-refractivity contribution in [3.8, 4) is 0 Å². The highest BCUT2D eigenvalue weighted by atomic mass is 32.1. The van der Waals surface area contributed by atoms with Gasteiger partial charge in [-0.3, -0.25) is 0 Å². The zero-order valence-electron chi connectivity index (χ0n) is 66.2. The summed E-state index contributed by atoms with van der Waals surface area (Å²) in [4.78, 5) is 8.13. The number of hydrogen-bond acceptors (Lipinski definition) is 5. The summed E-state index contributed by atoms with van der Waals surface area (Å²) in [5, 5.41) is 0.225. The topological polar surface area (TPSA) is 22.9 Å². The fraction of sp³-hybridized carbons (Fsp3) is 0.200. The van der Waals surface area contributed by atoms with Crippen LogP contribution in [0, 0.1) is 0 Å². The molecule has 0 saturated carbocycles. The third kappa shape index (κ3) is 9.57. The predicted molar refractivity (Wildman–Crippen MR) is 379 cm³/mol. The lowest BCUT2D eigenvalue weighted by Gasteiger charge is -2.46.